The second kappa shape index (κ2) is 8.73. The Morgan fingerprint density at radius 2 is 1.29 bits per heavy atom. The Bertz CT molecular complexity index is 149. The molecule has 0 bridgehead atoms. The molecule has 2 nitrogen and oxygen atoms in total. The second-order valence-corrected chi connectivity index (χ2v) is 3.58. The molecule has 0 aromatic carbocycles. The fraction of sp³-hybridized carbons (Fsp3) is 0.500. The van der Waals surface area contributed by atoms with Gasteiger partial charge in [0, 0.05) is 6.42 Å². The van der Waals surface area contributed by atoms with Crippen LogP contribution in [0.3, 0.4) is 0 Å². The van der Waals surface area contributed by atoms with Crippen molar-refractivity contribution in [3.63, 3.8) is 0 Å². The van der Waals surface area contributed by atoms with Crippen molar-refractivity contribution < 1.29 is 11.2 Å². The molecule has 0 radical (unpaired) electrons. The summed E-state index contributed by atoms with van der Waals surface area (Å²) in [6.45, 7) is 12.4. The van der Waals surface area contributed by atoms with Crippen molar-refractivity contribution in [2.45, 2.75) is 25.7 Å². The molecule has 0 aliphatic heterocycles. The van der Waals surface area contributed by atoms with Gasteiger partial charge in [0.15, 0.2) is 0 Å². The molecule has 0 aliphatic carbocycles. The van der Waals surface area contributed by atoms with Crippen LogP contribution in [-0.4, -0.2) is 12.0 Å². The largest absolute Gasteiger partial charge is 0.870 e. The second-order valence-electron chi connectivity index (χ2n) is 3.58. The molecule has 0 rings (SSSR count). The molecule has 0 fully saturated rings. The monoisotopic (exact) mass is 197 g/mol. The standard InChI is InChI=1S/C12H21N.H2O/c1-4-7-12(8-5-2,9-6-3)10-11-13;/h4-6H,1-3,7-11,13H2;1H2. The summed E-state index contributed by atoms with van der Waals surface area (Å²) in [5, 5.41) is 0. The van der Waals surface area contributed by atoms with E-state index in [4.69, 9.17) is 0 Å². The Hall–Kier alpha value is -0.860. The summed E-state index contributed by atoms with van der Waals surface area (Å²) in [7, 11) is 0. The number of hydrogen-bond acceptors (Lipinski definition) is 1. The van der Waals surface area contributed by atoms with E-state index < -0.39 is 0 Å². The minimum Gasteiger partial charge on any atom is -0.870 e. The van der Waals surface area contributed by atoms with Crippen molar-refractivity contribution in [3.05, 3.63) is 38.0 Å². The molecule has 82 valence electrons. The maximum absolute atomic E-state index is 3.91. The number of hydrogen-bond donors (Lipinski definition) is 1. The van der Waals surface area contributed by atoms with Crippen molar-refractivity contribution in [2.75, 3.05) is 6.54 Å². The first kappa shape index (κ1) is 15.6. The molecule has 0 amide bonds. The van der Waals surface area contributed by atoms with E-state index in [0.29, 0.717) is 0 Å². The zero-order valence-corrected chi connectivity index (χ0v) is 9.04. The number of allylic oxidation sites excluding steroid dienone is 3. The molecule has 0 spiro atoms. The van der Waals surface area contributed by atoms with Crippen LogP contribution in [-0.2, 0) is 0 Å². The first-order valence-corrected chi connectivity index (χ1v) is 4.86. The van der Waals surface area contributed by atoms with E-state index in [1.54, 1.807) is 0 Å². The highest BCUT2D eigenvalue weighted by Gasteiger charge is 2.25. The molecule has 0 heterocycles. The van der Waals surface area contributed by atoms with Gasteiger partial charge < -0.3 is 11.2 Å². The molecule has 14 heavy (non-hydrogen) atoms. The Morgan fingerprint density at radius 3 is 1.50 bits per heavy atom. The zero-order valence-electron chi connectivity index (χ0n) is 9.04. The normalized spacial score (nSPS) is 10.1. The minimum atomic E-state index is 0. The maximum atomic E-state index is 3.91. The van der Waals surface area contributed by atoms with Crippen LogP contribution in [0.2, 0.25) is 0 Å². The minimum absolute atomic E-state index is 0. The lowest BCUT2D eigenvalue weighted by Crippen LogP contribution is -2.52. The van der Waals surface area contributed by atoms with Gasteiger partial charge in [0.2, 0.25) is 0 Å². The van der Waals surface area contributed by atoms with Gasteiger partial charge in [-0.2, -0.15) is 0 Å². The van der Waals surface area contributed by atoms with E-state index in [2.05, 4.69) is 25.5 Å². The Balaban J connectivity index is 0. The van der Waals surface area contributed by atoms with E-state index in [0.717, 1.165) is 32.2 Å². The van der Waals surface area contributed by atoms with E-state index in [1.165, 1.54) is 0 Å². The van der Waals surface area contributed by atoms with Crippen LogP contribution in [0.15, 0.2) is 38.0 Å². The van der Waals surface area contributed by atoms with E-state index in [9.17, 15) is 0 Å². The molecular weight excluding hydrogens is 174 g/mol. The summed E-state index contributed by atoms with van der Waals surface area (Å²) in [5.74, 6) is 0. The van der Waals surface area contributed by atoms with Crippen molar-refractivity contribution >= 4 is 0 Å². The molecule has 0 aliphatic rings. The number of quaternary nitrogens is 1. The first-order chi connectivity index (χ1) is 6.24. The summed E-state index contributed by atoms with van der Waals surface area (Å²) in [4.78, 5) is 0. The van der Waals surface area contributed by atoms with E-state index in [1.807, 2.05) is 18.2 Å². The zero-order chi connectivity index (χ0) is 10.2. The van der Waals surface area contributed by atoms with Gasteiger partial charge in [-0.15, -0.1) is 19.7 Å². The van der Waals surface area contributed by atoms with Crippen LogP contribution in [0, 0.1) is 5.41 Å². The fourth-order valence-electron chi connectivity index (χ4n) is 1.85. The van der Waals surface area contributed by atoms with Gasteiger partial charge >= 0.3 is 0 Å². The molecule has 0 aromatic rings. The third-order valence-electron chi connectivity index (χ3n) is 2.44. The SMILES string of the molecule is C=CCC(CC=C)(CC=C)CC[NH3+].[OH-]. The van der Waals surface area contributed by atoms with Crippen molar-refractivity contribution in [2.24, 2.45) is 5.41 Å². The lowest BCUT2D eigenvalue weighted by Gasteiger charge is -2.29. The van der Waals surface area contributed by atoms with Gasteiger partial charge in [0.05, 0.1) is 6.54 Å². The van der Waals surface area contributed by atoms with Gasteiger partial charge in [-0.3, -0.25) is 0 Å². The summed E-state index contributed by atoms with van der Waals surface area (Å²) >= 11 is 0. The van der Waals surface area contributed by atoms with Crippen LogP contribution >= 0.6 is 0 Å². The summed E-state index contributed by atoms with van der Waals surface area (Å²) in [6, 6.07) is 0. The summed E-state index contributed by atoms with van der Waals surface area (Å²) in [5.41, 5.74) is 4.20. The first-order valence-electron chi connectivity index (χ1n) is 4.86. The quantitative estimate of drug-likeness (QED) is 0.595. The molecule has 0 unspecified atom stereocenters. The third-order valence-corrected chi connectivity index (χ3v) is 2.44. The number of rotatable bonds is 8. The van der Waals surface area contributed by atoms with E-state index >= 15 is 0 Å². The van der Waals surface area contributed by atoms with Crippen molar-refractivity contribution in [1.29, 1.82) is 0 Å². The van der Waals surface area contributed by atoms with Gasteiger partial charge in [-0.25, -0.2) is 0 Å². The molecule has 0 atom stereocenters. The molecule has 4 N–H and O–H groups in total. The highest BCUT2D eigenvalue weighted by atomic mass is 16.0. The molecule has 0 saturated heterocycles. The van der Waals surface area contributed by atoms with Gasteiger partial charge in [0.25, 0.3) is 0 Å². The summed E-state index contributed by atoms with van der Waals surface area (Å²) < 4.78 is 0. The van der Waals surface area contributed by atoms with Gasteiger partial charge in [0.1, 0.15) is 0 Å². The Labute approximate surface area is 87.5 Å². The van der Waals surface area contributed by atoms with Crippen molar-refractivity contribution in [1.82, 2.24) is 0 Å². The Morgan fingerprint density at radius 1 is 0.929 bits per heavy atom. The molecule has 0 saturated carbocycles. The maximum Gasteiger partial charge on any atom is 0.0745 e. The molecular formula is C12H23NO. The predicted octanol–water partition coefficient (Wildman–Crippen LogP) is 2.16. The van der Waals surface area contributed by atoms with Crippen LogP contribution in [0.1, 0.15) is 25.7 Å². The third kappa shape index (κ3) is 5.00. The van der Waals surface area contributed by atoms with E-state index in [-0.39, 0.29) is 10.9 Å². The predicted molar refractivity (Wildman–Crippen MR) is 61.2 cm³/mol. The van der Waals surface area contributed by atoms with Crippen LogP contribution in [0.4, 0.5) is 0 Å². The average Bonchev–Trinajstić information content (AvgIpc) is 2.06. The average molecular weight is 197 g/mol. The fourth-order valence-corrected chi connectivity index (χ4v) is 1.85. The molecule has 0 aromatic heterocycles. The lowest BCUT2D eigenvalue weighted by atomic mass is 9.75. The van der Waals surface area contributed by atoms with Gasteiger partial charge in [-0.05, 0) is 24.7 Å². The molecule has 2 heteroatoms. The van der Waals surface area contributed by atoms with Crippen LogP contribution in [0.5, 0.6) is 0 Å². The Kier molecular flexibility index (Phi) is 9.73. The highest BCUT2D eigenvalue weighted by Crippen LogP contribution is 2.35. The summed E-state index contributed by atoms with van der Waals surface area (Å²) in [6.07, 6.45) is 10.2. The van der Waals surface area contributed by atoms with Gasteiger partial charge in [-0.1, -0.05) is 18.2 Å². The lowest BCUT2D eigenvalue weighted by molar-refractivity contribution is -0.372. The smallest absolute Gasteiger partial charge is 0.0745 e. The topological polar surface area (TPSA) is 57.6 Å². The van der Waals surface area contributed by atoms with Crippen LogP contribution in [0.25, 0.3) is 0 Å². The van der Waals surface area contributed by atoms with Crippen molar-refractivity contribution in [3.8, 4) is 0 Å². The highest BCUT2D eigenvalue weighted by molar-refractivity contribution is 4.95. The van der Waals surface area contributed by atoms with Crippen LogP contribution < -0.4 is 5.73 Å².